The van der Waals surface area contributed by atoms with Gasteiger partial charge in [0, 0.05) is 12.6 Å². The van der Waals surface area contributed by atoms with Gasteiger partial charge in [-0.25, -0.2) is 8.42 Å². The average Bonchev–Trinajstić information content (AvgIpc) is 2.77. The van der Waals surface area contributed by atoms with Crippen molar-refractivity contribution in [2.24, 2.45) is 0 Å². The zero-order chi connectivity index (χ0) is 21.4. The molecule has 0 aliphatic carbocycles. The maximum absolute atomic E-state index is 12.5. The molecule has 30 heavy (non-hydrogen) atoms. The zero-order valence-corrected chi connectivity index (χ0v) is 17.2. The minimum Gasteiger partial charge on any atom is -0.497 e. The maximum Gasteiger partial charge on any atom is 0.261 e. The Morgan fingerprint density at radius 1 is 0.900 bits per heavy atom. The fraction of sp³-hybridized carbons (Fsp3) is 0.136. The fourth-order valence-corrected chi connectivity index (χ4v) is 3.66. The largest absolute Gasteiger partial charge is 0.497 e. The predicted octanol–water partition coefficient (Wildman–Crippen LogP) is 3.19. The lowest BCUT2D eigenvalue weighted by Crippen LogP contribution is -2.28. The van der Waals surface area contributed by atoms with Gasteiger partial charge in [-0.15, -0.1) is 0 Å². The third kappa shape index (κ3) is 5.99. The van der Waals surface area contributed by atoms with E-state index in [1.807, 2.05) is 30.3 Å². The molecule has 1 amide bonds. The number of hydrogen-bond acceptors (Lipinski definition) is 5. The van der Waals surface area contributed by atoms with Crippen molar-refractivity contribution < 1.29 is 22.7 Å². The van der Waals surface area contributed by atoms with Crippen LogP contribution in [0.1, 0.15) is 5.56 Å². The van der Waals surface area contributed by atoms with Gasteiger partial charge in [0.2, 0.25) is 0 Å². The topological polar surface area (TPSA) is 93.7 Å². The summed E-state index contributed by atoms with van der Waals surface area (Å²) < 4.78 is 38.1. The van der Waals surface area contributed by atoms with Crippen molar-refractivity contribution in [1.29, 1.82) is 0 Å². The molecule has 0 aromatic heterocycles. The quantitative estimate of drug-likeness (QED) is 0.548. The summed E-state index contributed by atoms with van der Waals surface area (Å²) in [7, 11) is -2.26. The fourth-order valence-electron chi connectivity index (χ4n) is 2.61. The minimum atomic E-state index is -3.77. The van der Waals surface area contributed by atoms with Crippen LogP contribution in [0.3, 0.4) is 0 Å². The number of nitrogens with one attached hydrogen (secondary N) is 2. The van der Waals surface area contributed by atoms with Crippen LogP contribution in [0.4, 0.5) is 5.69 Å². The number of sulfonamides is 1. The van der Waals surface area contributed by atoms with E-state index in [1.54, 1.807) is 24.3 Å². The third-order valence-electron chi connectivity index (χ3n) is 4.16. The van der Waals surface area contributed by atoms with Crippen LogP contribution in [0, 0.1) is 0 Å². The van der Waals surface area contributed by atoms with Gasteiger partial charge in [-0.2, -0.15) is 0 Å². The van der Waals surface area contributed by atoms with E-state index in [-0.39, 0.29) is 17.4 Å². The van der Waals surface area contributed by atoms with Crippen molar-refractivity contribution in [3.8, 4) is 11.5 Å². The Morgan fingerprint density at radius 3 is 2.33 bits per heavy atom. The van der Waals surface area contributed by atoms with E-state index in [0.29, 0.717) is 23.7 Å². The zero-order valence-electron chi connectivity index (χ0n) is 16.4. The molecule has 3 aromatic carbocycles. The molecule has 2 N–H and O–H groups in total. The number of carbonyl (C=O) groups is 1. The first-order valence-electron chi connectivity index (χ1n) is 9.16. The van der Waals surface area contributed by atoms with Gasteiger partial charge in [0.05, 0.1) is 17.7 Å². The highest BCUT2D eigenvalue weighted by Crippen LogP contribution is 2.22. The summed E-state index contributed by atoms with van der Waals surface area (Å²) in [6, 6.07) is 22.0. The Balaban J connectivity index is 1.54. The Labute approximate surface area is 175 Å². The first-order valence-corrected chi connectivity index (χ1v) is 10.6. The molecule has 156 valence electrons. The molecule has 0 spiro atoms. The Bertz CT molecular complexity index is 1080. The smallest absolute Gasteiger partial charge is 0.261 e. The molecule has 0 aliphatic heterocycles. The van der Waals surface area contributed by atoms with Crippen LogP contribution in [0.2, 0.25) is 0 Å². The monoisotopic (exact) mass is 426 g/mol. The second-order valence-electron chi connectivity index (χ2n) is 6.36. The molecule has 3 aromatic rings. The van der Waals surface area contributed by atoms with Crippen LogP contribution in [0.25, 0.3) is 0 Å². The van der Waals surface area contributed by atoms with Crippen molar-refractivity contribution in [2.45, 2.75) is 11.4 Å². The molecule has 0 saturated heterocycles. The molecule has 3 rings (SSSR count). The molecule has 0 saturated carbocycles. The number of amides is 1. The number of rotatable bonds is 9. The van der Waals surface area contributed by atoms with Crippen LogP contribution in [0.15, 0.2) is 83.8 Å². The summed E-state index contributed by atoms with van der Waals surface area (Å²) in [4.78, 5) is 12.0. The first kappa shape index (κ1) is 21.2. The van der Waals surface area contributed by atoms with Crippen molar-refractivity contribution in [2.75, 3.05) is 18.4 Å². The van der Waals surface area contributed by atoms with E-state index in [1.165, 1.54) is 31.4 Å². The van der Waals surface area contributed by atoms with Gasteiger partial charge in [-0.05, 0) is 42.0 Å². The van der Waals surface area contributed by atoms with Crippen LogP contribution >= 0.6 is 0 Å². The van der Waals surface area contributed by atoms with Crippen LogP contribution in [-0.2, 0) is 21.4 Å². The standard InChI is InChI=1S/C22H22N2O5S/c1-28-20-9-5-8-18(14-20)24-30(26,27)21-12-10-19(11-13-21)29-16-22(25)23-15-17-6-3-2-4-7-17/h2-14,24H,15-16H2,1H3,(H,23,25). The minimum absolute atomic E-state index is 0.0752. The third-order valence-corrected chi connectivity index (χ3v) is 5.56. The summed E-state index contributed by atoms with van der Waals surface area (Å²) in [5.41, 5.74) is 1.38. The number of carbonyl (C=O) groups excluding carboxylic acids is 1. The number of benzene rings is 3. The molecule has 7 nitrogen and oxygen atoms in total. The van der Waals surface area contributed by atoms with Crippen LogP contribution in [-0.4, -0.2) is 28.0 Å². The molecule has 0 unspecified atom stereocenters. The van der Waals surface area contributed by atoms with E-state index < -0.39 is 10.0 Å². The maximum atomic E-state index is 12.5. The number of methoxy groups -OCH3 is 1. The first-order chi connectivity index (χ1) is 14.5. The lowest BCUT2D eigenvalue weighted by molar-refractivity contribution is -0.123. The second kappa shape index (κ2) is 9.80. The Hall–Kier alpha value is -3.52. The van der Waals surface area contributed by atoms with Crippen LogP contribution < -0.4 is 19.5 Å². The van der Waals surface area contributed by atoms with E-state index >= 15 is 0 Å². The normalized spacial score (nSPS) is 10.8. The van der Waals surface area contributed by atoms with Gasteiger partial charge in [-0.3, -0.25) is 9.52 Å². The number of hydrogen-bond donors (Lipinski definition) is 2. The lowest BCUT2D eigenvalue weighted by atomic mass is 10.2. The highest BCUT2D eigenvalue weighted by Gasteiger charge is 2.15. The van der Waals surface area contributed by atoms with Gasteiger partial charge >= 0.3 is 0 Å². The molecular formula is C22H22N2O5S. The summed E-state index contributed by atoms with van der Waals surface area (Å²) in [5.74, 6) is 0.671. The highest BCUT2D eigenvalue weighted by molar-refractivity contribution is 7.92. The summed E-state index contributed by atoms with van der Waals surface area (Å²) >= 11 is 0. The molecule has 0 atom stereocenters. The number of anilines is 1. The van der Waals surface area contributed by atoms with E-state index in [0.717, 1.165) is 5.56 Å². The van der Waals surface area contributed by atoms with Crippen LogP contribution in [0.5, 0.6) is 11.5 Å². The predicted molar refractivity (Wildman–Crippen MR) is 114 cm³/mol. The summed E-state index contributed by atoms with van der Waals surface area (Å²) in [6.07, 6.45) is 0. The van der Waals surface area contributed by atoms with Gasteiger partial charge < -0.3 is 14.8 Å². The van der Waals surface area contributed by atoms with Gasteiger partial charge in [0.25, 0.3) is 15.9 Å². The van der Waals surface area contributed by atoms with E-state index in [9.17, 15) is 13.2 Å². The summed E-state index contributed by atoms with van der Waals surface area (Å²) in [6.45, 7) is 0.247. The Morgan fingerprint density at radius 2 is 1.63 bits per heavy atom. The lowest BCUT2D eigenvalue weighted by Gasteiger charge is -2.11. The average molecular weight is 426 g/mol. The van der Waals surface area contributed by atoms with E-state index in [4.69, 9.17) is 9.47 Å². The highest BCUT2D eigenvalue weighted by atomic mass is 32.2. The molecular weight excluding hydrogens is 404 g/mol. The summed E-state index contributed by atoms with van der Waals surface area (Å²) in [5, 5.41) is 2.76. The molecule has 8 heteroatoms. The van der Waals surface area contributed by atoms with Crippen molar-refractivity contribution in [3.63, 3.8) is 0 Å². The SMILES string of the molecule is COc1cccc(NS(=O)(=O)c2ccc(OCC(=O)NCc3ccccc3)cc2)c1. The van der Waals surface area contributed by atoms with Crippen molar-refractivity contribution in [3.05, 3.63) is 84.4 Å². The molecule has 0 fully saturated rings. The molecule has 0 heterocycles. The van der Waals surface area contributed by atoms with Crippen molar-refractivity contribution in [1.82, 2.24) is 5.32 Å². The Kier molecular flexibility index (Phi) is 6.92. The van der Waals surface area contributed by atoms with Gasteiger partial charge in [0.1, 0.15) is 11.5 Å². The van der Waals surface area contributed by atoms with E-state index in [2.05, 4.69) is 10.0 Å². The molecule has 0 bridgehead atoms. The van der Waals surface area contributed by atoms with Gasteiger partial charge in [-0.1, -0.05) is 36.4 Å². The second-order valence-corrected chi connectivity index (χ2v) is 8.04. The van der Waals surface area contributed by atoms with Crippen molar-refractivity contribution >= 4 is 21.6 Å². The van der Waals surface area contributed by atoms with Gasteiger partial charge in [0.15, 0.2) is 6.61 Å². The number of ether oxygens (including phenoxy) is 2. The molecule has 0 aliphatic rings. The molecule has 0 radical (unpaired) electrons.